The molecule has 0 amide bonds. The van der Waals surface area contributed by atoms with Crippen molar-refractivity contribution in [3.63, 3.8) is 0 Å². The second-order valence-corrected chi connectivity index (χ2v) is 5.16. The van der Waals surface area contributed by atoms with E-state index in [2.05, 4.69) is 0 Å². The van der Waals surface area contributed by atoms with Crippen molar-refractivity contribution in [2.24, 2.45) is 0 Å². The summed E-state index contributed by atoms with van der Waals surface area (Å²) in [4.78, 5) is 5.96. The fraction of sp³-hybridized carbons (Fsp3) is 0.400. The molecule has 1 aliphatic rings. The highest BCUT2D eigenvalue weighted by atomic mass is 32.2. The molecular weight excluding hydrogens is 198 g/mol. The zero-order valence-corrected chi connectivity index (χ0v) is 9.30. The number of nitrogens with zero attached hydrogens (tertiary/aromatic N) is 1. The van der Waals surface area contributed by atoms with Crippen LogP contribution in [-0.2, 0) is 15.8 Å². The summed E-state index contributed by atoms with van der Waals surface area (Å²) in [5.74, 6) is 0. The predicted molar refractivity (Wildman–Crippen MR) is 54.6 cm³/mol. The zero-order valence-electron chi connectivity index (χ0n) is 8.48. The van der Waals surface area contributed by atoms with Gasteiger partial charge in [-0.25, -0.2) is 4.21 Å². The molecule has 1 fully saturated rings. The normalized spacial score (nSPS) is 25.8. The van der Waals surface area contributed by atoms with Crippen LogP contribution in [-0.4, -0.2) is 14.4 Å². The van der Waals surface area contributed by atoms with E-state index in [4.69, 9.17) is 4.84 Å². The lowest BCUT2D eigenvalue weighted by molar-refractivity contribution is 0.272. The van der Waals surface area contributed by atoms with Crippen molar-refractivity contribution < 1.29 is 9.05 Å². The molecular formula is C10H13NO2S. The molecule has 4 heteroatoms. The zero-order chi connectivity index (χ0) is 10.3. The minimum absolute atomic E-state index is 0.379. The Labute approximate surface area is 86.2 Å². The summed E-state index contributed by atoms with van der Waals surface area (Å²) in [5, 5.41) is 0. The van der Waals surface area contributed by atoms with Gasteiger partial charge in [0.15, 0.2) is 16.7 Å². The summed E-state index contributed by atoms with van der Waals surface area (Å²) < 4.78 is 13.3. The second kappa shape index (κ2) is 3.15. The van der Waals surface area contributed by atoms with Crippen molar-refractivity contribution in [2.75, 3.05) is 0 Å². The molecule has 0 spiro atoms. The highest BCUT2D eigenvalue weighted by molar-refractivity contribution is 7.82. The molecule has 1 heterocycles. The van der Waals surface area contributed by atoms with E-state index in [1.807, 2.05) is 45.0 Å². The van der Waals surface area contributed by atoms with Gasteiger partial charge in [-0.2, -0.15) is 0 Å². The molecule has 0 bridgehead atoms. The van der Waals surface area contributed by atoms with E-state index in [0.717, 1.165) is 10.5 Å². The Bertz CT molecular complexity index is 372. The highest BCUT2D eigenvalue weighted by Crippen LogP contribution is 2.37. The maximum absolute atomic E-state index is 11.8. The van der Waals surface area contributed by atoms with E-state index in [0.29, 0.717) is 0 Å². The number of aryl methyl sites for hydroxylation is 1. The molecule has 1 aromatic rings. The lowest BCUT2D eigenvalue weighted by Crippen LogP contribution is -2.12. The molecule has 0 aliphatic carbocycles. The van der Waals surface area contributed by atoms with Gasteiger partial charge in [0.25, 0.3) is 0 Å². The average Bonchev–Trinajstić information content (AvgIpc) is 2.75. The summed E-state index contributed by atoms with van der Waals surface area (Å²) in [7, 11) is -1.19. The Morgan fingerprint density at radius 2 is 1.79 bits per heavy atom. The highest BCUT2D eigenvalue weighted by Gasteiger charge is 2.51. The van der Waals surface area contributed by atoms with Gasteiger partial charge in [0.1, 0.15) is 0 Å². The third kappa shape index (κ3) is 1.73. The minimum atomic E-state index is -1.19. The number of hydrogen-bond acceptors (Lipinski definition) is 2. The second-order valence-electron chi connectivity index (χ2n) is 3.86. The predicted octanol–water partition coefficient (Wildman–Crippen LogP) is 2.00. The summed E-state index contributed by atoms with van der Waals surface area (Å²) in [6.45, 7) is 5.78. The van der Waals surface area contributed by atoms with Crippen LogP contribution in [0.3, 0.4) is 0 Å². The first-order valence-electron chi connectivity index (χ1n) is 4.49. The maximum Gasteiger partial charge on any atom is 0.174 e. The Hall–Kier alpha value is -0.710. The first kappa shape index (κ1) is 9.83. The van der Waals surface area contributed by atoms with Crippen LogP contribution < -0.4 is 0 Å². The van der Waals surface area contributed by atoms with E-state index < -0.39 is 11.0 Å². The van der Waals surface area contributed by atoms with E-state index in [1.54, 1.807) is 0 Å². The Kier molecular flexibility index (Phi) is 2.21. The van der Waals surface area contributed by atoms with Gasteiger partial charge in [-0.3, -0.25) is 4.84 Å². The minimum Gasteiger partial charge on any atom is -0.258 e. The lowest BCUT2D eigenvalue weighted by Gasteiger charge is -2.01. The van der Waals surface area contributed by atoms with Crippen molar-refractivity contribution in [1.82, 2.24) is 4.47 Å². The molecule has 2 rings (SSSR count). The van der Waals surface area contributed by atoms with Gasteiger partial charge in [-0.15, -0.1) is 0 Å². The van der Waals surface area contributed by atoms with Crippen LogP contribution in [0.4, 0.5) is 0 Å². The molecule has 2 unspecified atom stereocenters. The number of benzene rings is 1. The molecule has 0 saturated carbocycles. The molecule has 14 heavy (non-hydrogen) atoms. The van der Waals surface area contributed by atoms with Crippen molar-refractivity contribution in [1.29, 1.82) is 0 Å². The molecule has 0 N–H and O–H groups in total. The average molecular weight is 211 g/mol. The van der Waals surface area contributed by atoms with Crippen LogP contribution in [0.5, 0.6) is 0 Å². The van der Waals surface area contributed by atoms with E-state index in [9.17, 15) is 4.21 Å². The van der Waals surface area contributed by atoms with Crippen molar-refractivity contribution in [2.45, 2.75) is 31.4 Å². The molecule has 1 aliphatic heterocycles. The Balaban J connectivity index is 2.17. The molecule has 1 saturated heterocycles. The topological polar surface area (TPSA) is 32.6 Å². The standard InChI is InChI=1S/C10H13NO2S/c1-8-4-6-9(7-5-8)14(12)11-10(2,3)13-11/h4-7H,1-3H3. The van der Waals surface area contributed by atoms with Crippen LogP contribution in [0, 0.1) is 6.92 Å². The number of rotatable bonds is 2. The van der Waals surface area contributed by atoms with Gasteiger partial charge in [-0.1, -0.05) is 22.2 Å². The largest absolute Gasteiger partial charge is 0.258 e. The molecule has 76 valence electrons. The lowest BCUT2D eigenvalue weighted by atomic mass is 10.2. The molecule has 3 nitrogen and oxygen atoms in total. The van der Waals surface area contributed by atoms with Crippen molar-refractivity contribution in [3.8, 4) is 0 Å². The van der Waals surface area contributed by atoms with Gasteiger partial charge >= 0.3 is 0 Å². The summed E-state index contributed by atoms with van der Waals surface area (Å²) in [6.07, 6.45) is 0. The molecule has 0 aromatic heterocycles. The van der Waals surface area contributed by atoms with Crippen LogP contribution >= 0.6 is 0 Å². The summed E-state index contributed by atoms with van der Waals surface area (Å²) >= 11 is 0. The third-order valence-electron chi connectivity index (χ3n) is 2.09. The Morgan fingerprint density at radius 3 is 2.21 bits per heavy atom. The van der Waals surface area contributed by atoms with E-state index in [-0.39, 0.29) is 5.72 Å². The maximum atomic E-state index is 11.8. The van der Waals surface area contributed by atoms with Crippen molar-refractivity contribution >= 4 is 11.0 Å². The van der Waals surface area contributed by atoms with Gasteiger partial charge < -0.3 is 0 Å². The SMILES string of the molecule is Cc1ccc(S(=O)N2OC2(C)C)cc1. The van der Waals surface area contributed by atoms with Gasteiger partial charge in [0, 0.05) is 0 Å². The third-order valence-corrected chi connectivity index (χ3v) is 3.58. The van der Waals surface area contributed by atoms with Crippen LogP contribution in [0.1, 0.15) is 19.4 Å². The Morgan fingerprint density at radius 1 is 1.29 bits per heavy atom. The first-order chi connectivity index (χ1) is 6.50. The first-order valence-corrected chi connectivity index (χ1v) is 5.59. The van der Waals surface area contributed by atoms with E-state index in [1.165, 1.54) is 4.47 Å². The fourth-order valence-electron chi connectivity index (χ4n) is 1.17. The molecule has 1 aromatic carbocycles. The quantitative estimate of drug-likeness (QED) is 0.701. The van der Waals surface area contributed by atoms with Crippen LogP contribution in [0.2, 0.25) is 0 Å². The molecule has 2 atom stereocenters. The smallest absolute Gasteiger partial charge is 0.174 e. The van der Waals surface area contributed by atoms with Gasteiger partial charge in [-0.05, 0) is 32.9 Å². The monoisotopic (exact) mass is 211 g/mol. The summed E-state index contributed by atoms with van der Waals surface area (Å²) in [6, 6.07) is 7.62. The number of hydrogen-bond donors (Lipinski definition) is 0. The summed E-state index contributed by atoms with van der Waals surface area (Å²) in [5.41, 5.74) is 0.784. The van der Waals surface area contributed by atoms with Crippen LogP contribution in [0.25, 0.3) is 0 Å². The van der Waals surface area contributed by atoms with Gasteiger partial charge in [0.05, 0.1) is 4.90 Å². The van der Waals surface area contributed by atoms with Crippen molar-refractivity contribution in [3.05, 3.63) is 29.8 Å². The van der Waals surface area contributed by atoms with Crippen LogP contribution in [0.15, 0.2) is 29.2 Å². The van der Waals surface area contributed by atoms with Gasteiger partial charge in [0.2, 0.25) is 0 Å². The fourth-order valence-corrected chi connectivity index (χ4v) is 2.38. The molecule has 0 radical (unpaired) electrons. The van der Waals surface area contributed by atoms with E-state index >= 15 is 0 Å². The number of hydroxylamine groups is 1.